The number of carbonyl (C=O) groups is 2. The molecule has 3 aromatic rings. The molecule has 4 rings (SSSR count). The molecule has 0 saturated heterocycles. The van der Waals surface area contributed by atoms with Crippen LogP contribution in [-0.4, -0.2) is 44.0 Å². The molecule has 2 unspecified atom stereocenters. The van der Waals surface area contributed by atoms with Crippen LogP contribution in [0.3, 0.4) is 0 Å². The van der Waals surface area contributed by atoms with Gasteiger partial charge in [0, 0.05) is 43.6 Å². The molecule has 2 amide bonds. The first-order chi connectivity index (χ1) is 17.3. The topological polar surface area (TPSA) is 71.1 Å². The van der Waals surface area contributed by atoms with Crippen LogP contribution in [0.4, 0.5) is 11.4 Å². The Morgan fingerprint density at radius 3 is 2.36 bits per heavy atom. The summed E-state index contributed by atoms with van der Waals surface area (Å²) in [5, 5.41) is 2.99. The molecule has 0 spiro atoms. The minimum atomic E-state index is -0.893. The van der Waals surface area contributed by atoms with Crippen molar-refractivity contribution < 1.29 is 19.1 Å². The largest absolute Gasteiger partial charge is 0.497 e. The number of para-hydroxylation sites is 1. The molecule has 1 heterocycles. The first-order valence-electron chi connectivity index (χ1n) is 12.1. The standard InChI is InChI=1S/C29H33N3O4/c1-19(2)27-29(34)32(18-20-11-13-22(14-12-20)31(3)4)26(28(33)30-21-9-7-6-8-10-21)24-16-15-23(35-5)17-25(24)36-27/h6-17,19,26-27H,18H2,1-5H3,(H,30,33). The molecule has 7 nitrogen and oxygen atoms in total. The predicted molar refractivity (Wildman–Crippen MR) is 141 cm³/mol. The third-order valence-electron chi connectivity index (χ3n) is 6.31. The quantitative estimate of drug-likeness (QED) is 0.514. The lowest BCUT2D eigenvalue weighted by atomic mass is 10.0. The van der Waals surface area contributed by atoms with Crippen molar-refractivity contribution in [3.05, 3.63) is 83.9 Å². The van der Waals surface area contributed by atoms with E-state index in [-0.39, 0.29) is 24.3 Å². The molecule has 0 fully saturated rings. The summed E-state index contributed by atoms with van der Waals surface area (Å²) >= 11 is 0. The highest BCUT2D eigenvalue weighted by Crippen LogP contribution is 2.39. The van der Waals surface area contributed by atoms with Gasteiger partial charge in [0.15, 0.2) is 6.10 Å². The second-order valence-corrected chi connectivity index (χ2v) is 9.47. The number of fused-ring (bicyclic) bond motifs is 1. The Morgan fingerprint density at radius 1 is 1.06 bits per heavy atom. The first-order valence-corrected chi connectivity index (χ1v) is 12.1. The lowest BCUT2D eigenvalue weighted by Gasteiger charge is -2.31. The number of hydrogen-bond donors (Lipinski definition) is 1. The third kappa shape index (κ3) is 5.30. The van der Waals surface area contributed by atoms with Gasteiger partial charge in [0.05, 0.1) is 7.11 Å². The maximum Gasteiger partial charge on any atom is 0.265 e. The van der Waals surface area contributed by atoms with Gasteiger partial charge in [-0.2, -0.15) is 0 Å². The van der Waals surface area contributed by atoms with Gasteiger partial charge in [-0.3, -0.25) is 9.59 Å². The molecule has 188 valence electrons. The molecule has 0 aliphatic carbocycles. The van der Waals surface area contributed by atoms with Crippen molar-refractivity contribution in [1.82, 2.24) is 4.90 Å². The van der Waals surface area contributed by atoms with Gasteiger partial charge in [-0.1, -0.05) is 44.2 Å². The van der Waals surface area contributed by atoms with Crippen LogP contribution >= 0.6 is 0 Å². The maximum absolute atomic E-state index is 13.9. The van der Waals surface area contributed by atoms with E-state index in [2.05, 4.69) is 5.32 Å². The molecule has 7 heteroatoms. The molecular formula is C29H33N3O4. The van der Waals surface area contributed by atoms with Gasteiger partial charge in [-0.05, 0) is 47.9 Å². The third-order valence-corrected chi connectivity index (χ3v) is 6.31. The van der Waals surface area contributed by atoms with E-state index in [0.29, 0.717) is 22.7 Å². The Bertz CT molecular complexity index is 1210. The molecular weight excluding hydrogens is 454 g/mol. The van der Waals surface area contributed by atoms with Crippen LogP contribution in [0.15, 0.2) is 72.8 Å². The maximum atomic E-state index is 13.9. The van der Waals surface area contributed by atoms with E-state index in [4.69, 9.17) is 9.47 Å². The zero-order chi connectivity index (χ0) is 25.8. The summed E-state index contributed by atoms with van der Waals surface area (Å²) in [6.45, 7) is 4.14. The lowest BCUT2D eigenvalue weighted by Crippen LogP contribution is -2.46. The molecule has 1 aliphatic heterocycles. The van der Waals surface area contributed by atoms with Crippen LogP contribution in [-0.2, 0) is 16.1 Å². The van der Waals surface area contributed by atoms with Crippen molar-refractivity contribution in [2.24, 2.45) is 5.92 Å². The van der Waals surface area contributed by atoms with Gasteiger partial charge in [0.2, 0.25) is 0 Å². The minimum absolute atomic E-state index is 0.105. The Morgan fingerprint density at radius 2 is 1.75 bits per heavy atom. The highest BCUT2D eigenvalue weighted by molar-refractivity contribution is 5.99. The van der Waals surface area contributed by atoms with E-state index in [1.165, 1.54) is 0 Å². The number of methoxy groups -OCH3 is 1. The second-order valence-electron chi connectivity index (χ2n) is 9.47. The number of rotatable bonds is 7. The van der Waals surface area contributed by atoms with Gasteiger partial charge in [-0.15, -0.1) is 0 Å². The number of benzene rings is 3. The Hall–Kier alpha value is -4.00. The Balaban J connectivity index is 1.80. The van der Waals surface area contributed by atoms with Crippen molar-refractivity contribution in [1.29, 1.82) is 0 Å². The average Bonchev–Trinajstić information content (AvgIpc) is 2.99. The molecule has 0 radical (unpaired) electrons. The minimum Gasteiger partial charge on any atom is -0.497 e. The predicted octanol–water partition coefficient (Wildman–Crippen LogP) is 4.89. The van der Waals surface area contributed by atoms with Crippen molar-refractivity contribution in [3.8, 4) is 11.5 Å². The molecule has 0 saturated carbocycles. The Labute approximate surface area is 212 Å². The van der Waals surface area contributed by atoms with Crippen molar-refractivity contribution in [2.45, 2.75) is 32.5 Å². The molecule has 1 aliphatic rings. The van der Waals surface area contributed by atoms with Crippen LogP contribution in [0.1, 0.15) is 31.0 Å². The molecule has 0 bridgehead atoms. The van der Waals surface area contributed by atoms with Crippen LogP contribution in [0.25, 0.3) is 0 Å². The molecule has 3 aromatic carbocycles. The number of carbonyl (C=O) groups excluding carboxylic acids is 2. The van der Waals surface area contributed by atoms with E-state index in [0.717, 1.165) is 11.3 Å². The second kappa shape index (κ2) is 10.7. The van der Waals surface area contributed by atoms with Crippen molar-refractivity contribution in [2.75, 3.05) is 31.4 Å². The number of nitrogens with zero attached hydrogens (tertiary/aromatic N) is 2. The number of ether oxygens (including phenoxy) is 2. The van der Waals surface area contributed by atoms with E-state index in [9.17, 15) is 9.59 Å². The van der Waals surface area contributed by atoms with Crippen LogP contribution in [0.2, 0.25) is 0 Å². The van der Waals surface area contributed by atoms with Crippen molar-refractivity contribution in [3.63, 3.8) is 0 Å². The normalized spacial score (nSPS) is 17.2. The van der Waals surface area contributed by atoms with E-state index >= 15 is 0 Å². The summed E-state index contributed by atoms with van der Waals surface area (Å²) in [5.74, 6) is 0.425. The van der Waals surface area contributed by atoms with E-state index in [1.54, 1.807) is 24.1 Å². The van der Waals surface area contributed by atoms with Gasteiger partial charge in [0.25, 0.3) is 11.8 Å². The van der Waals surface area contributed by atoms with Gasteiger partial charge >= 0.3 is 0 Å². The first kappa shape index (κ1) is 25.1. The van der Waals surface area contributed by atoms with Crippen LogP contribution < -0.4 is 19.7 Å². The van der Waals surface area contributed by atoms with E-state index in [1.807, 2.05) is 93.5 Å². The zero-order valence-corrected chi connectivity index (χ0v) is 21.4. The SMILES string of the molecule is COc1ccc2c(c1)OC(C(C)C)C(=O)N(Cc1ccc(N(C)C)cc1)C2C(=O)Nc1ccccc1. The fourth-order valence-corrected chi connectivity index (χ4v) is 4.32. The monoisotopic (exact) mass is 487 g/mol. The summed E-state index contributed by atoms with van der Waals surface area (Å²) in [6.07, 6.45) is -0.744. The molecule has 36 heavy (non-hydrogen) atoms. The number of nitrogens with one attached hydrogen (secondary N) is 1. The molecule has 0 aromatic heterocycles. The number of amides is 2. The molecule has 1 N–H and O–H groups in total. The zero-order valence-electron chi connectivity index (χ0n) is 21.4. The van der Waals surface area contributed by atoms with Gasteiger partial charge < -0.3 is 24.6 Å². The molecule has 2 atom stereocenters. The lowest BCUT2D eigenvalue weighted by molar-refractivity contribution is -0.146. The van der Waals surface area contributed by atoms with Gasteiger partial charge in [-0.25, -0.2) is 0 Å². The average molecular weight is 488 g/mol. The highest BCUT2D eigenvalue weighted by Gasteiger charge is 2.42. The smallest absolute Gasteiger partial charge is 0.265 e. The summed E-state index contributed by atoms with van der Waals surface area (Å²) in [6, 6.07) is 21.7. The van der Waals surface area contributed by atoms with Crippen LogP contribution in [0, 0.1) is 5.92 Å². The number of anilines is 2. The van der Waals surface area contributed by atoms with Crippen LogP contribution in [0.5, 0.6) is 11.5 Å². The summed E-state index contributed by atoms with van der Waals surface area (Å²) in [7, 11) is 5.53. The summed E-state index contributed by atoms with van der Waals surface area (Å²) in [5.41, 5.74) is 3.25. The fraction of sp³-hybridized carbons (Fsp3) is 0.310. The fourth-order valence-electron chi connectivity index (χ4n) is 4.32. The van der Waals surface area contributed by atoms with E-state index < -0.39 is 12.1 Å². The number of hydrogen-bond acceptors (Lipinski definition) is 5. The van der Waals surface area contributed by atoms with Crippen molar-refractivity contribution >= 4 is 23.2 Å². The van der Waals surface area contributed by atoms with Gasteiger partial charge in [0.1, 0.15) is 17.5 Å². The highest BCUT2D eigenvalue weighted by atomic mass is 16.5. The Kier molecular flexibility index (Phi) is 7.48. The summed E-state index contributed by atoms with van der Waals surface area (Å²) in [4.78, 5) is 31.4. The summed E-state index contributed by atoms with van der Waals surface area (Å²) < 4.78 is 11.7.